The van der Waals surface area contributed by atoms with Crippen molar-refractivity contribution in [2.45, 2.75) is 19.4 Å². The number of piperidine rings is 1. The van der Waals surface area contributed by atoms with Gasteiger partial charge in [0.05, 0.1) is 13.2 Å². The second kappa shape index (κ2) is 11.6. The molecule has 0 radical (unpaired) electrons. The molecule has 0 saturated carbocycles. The highest BCUT2D eigenvalue weighted by atomic mass is 127. The largest absolute Gasteiger partial charge is 0.459 e. The second-order valence-electron chi connectivity index (χ2n) is 7.31. The van der Waals surface area contributed by atoms with Gasteiger partial charge in [0.2, 0.25) is 0 Å². The van der Waals surface area contributed by atoms with E-state index in [1.165, 1.54) is 12.8 Å². The van der Waals surface area contributed by atoms with Crippen molar-refractivity contribution in [2.75, 3.05) is 54.0 Å². The molecule has 1 fully saturated rings. The number of aliphatic imine (C=N–C) groups is 1. The molecule has 28 heavy (non-hydrogen) atoms. The lowest BCUT2D eigenvalue weighted by molar-refractivity contribution is 0.120. The van der Waals surface area contributed by atoms with Crippen LogP contribution in [0.4, 0.5) is 0 Å². The lowest BCUT2D eigenvalue weighted by Gasteiger charge is -2.32. The highest BCUT2D eigenvalue weighted by Crippen LogP contribution is 2.20. The number of para-hydroxylation sites is 1. The predicted molar refractivity (Wildman–Crippen MR) is 125 cm³/mol. The van der Waals surface area contributed by atoms with Gasteiger partial charge in [-0.15, -0.1) is 24.0 Å². The quantitative estimate of drug-likeness (QED) is 0.359. The summed E-state index contributed by atoms with van der Waals surface area (Å²) in [4.78, 5) is 9.05. The van der Waals surface area contributed by atoms with E-state index < -0.39 is 0 Å². The SMILES string of the molecule is CN=C(NCC1CCN(CCOC)CC1)N(C)Cc1cc2ccccc2o1.I. The zero-order chi connectivity index (χ0) is 19.1. The van der Waals surface area contributed by atoms with Crippen LogP contribution >= 0.6 is 24.0 Å². The van der Waals surface area contributed by atoms with Gasteiger partial charge in [0.25, 0.3) is 0 Å². The minimum absolute atomic E-state index is 0. The Kier molecular flexibility index (Phi) is 9.53. The monoisotopic (exact) mass is 500 g/mol. The summed E-state index contributed by atoms with van der Waals surface area (Å²) in [5.74, 6) is 2.56. The Morgan fingerprint density at radius 2 is 2.07 bits per heavy atom. The van der Waals surface area contributed by atoms with Gasteiger partial charge < -0.3 is 24.3 Å². The van der Waals surface area contributed by atoms with Crippen LogP contribution in [0.15, 0.2) is 39.7 Å². The molecule has 2 heterocycles. The standard InChI is InChI=1S/C21H32N4O2.HI/c1-22-21(23-15-17-8-10-25(11-9-17)12-13-26-3)24(2)16-19-14-18-6-4-5-7-20(18)27-19;/h4-7,14,17H,8-13,15-16H2,1-3H3,(H,22,23);1H. The number of guanidine groups is 1. The van der Waals surface area contributed by atoms with Crippen LogP contribution in [0.3, 0.4) is 0 Å². The fourth-order valence-corrected chi connectivity index (χ4v) is 3.68. The third-order valence-corrected chi connectivity index (χ3v) is 5.31. The molecule has 0 bridgehead atoms. The van der Waals surface area contributed by atoms with E-state index in [1.54, 1.807) is 7.11 Å². The van der Waals surface area contributed by atoms with Crippen LogP contribution in [0.1, 0.15) is 18.6 Å². The summed E-state index contributed by atoms with van der Waals surface area (Å²) in [6.07, 6.45) is 2.45. The van der Waals surface area contributed by atoms with E-state index in [9.17, 15) is 0 Å². The van der Waals surface area contributed by atoms with Gasteiger partial charge >= 0.3 is 0 Å². The number of fused-ring (bicyclic) bond motifs is 1. The molecule has 0 atom stereocenters. The number of nitrogens with one attached hydrogen (secondary N) is 1. The van der Waals surface area contributed by atoms with Gasteiger partial charge in [0.15, 0.2) is 5.96 Å². The van der Waals surface area contributed by atoms with Crippen LogP contribution in [-0.4, -0.2) is 69.8 Å². The Morgan fingerprint density at radius 3 is 2.75 bits per heavy atom. The Morgan fingerprint density at radius 1 is 1.32 bits per heavy atom. The van der Waals surface area contributed by atoms with Crippen molar-refractivity contribution in [1.82, 2.24) is 15.1 Å². The lowest BCUT2D eigenvalue weighted by Crippen LogP contribution is -2.43. The van der Waals surface area contributed by atoms with E-state index >= 15 is 0 Å². The van der Waals surface area contributed by atoms with Gasteiger partial charge in [-0.25, -0.2) is 0 Å². The molecule has 1 aliphatic heterocycles. The van der Waals surface area contributed by atoms with Crippen molar-refractivity contribution in [3.8, 4) is 0 Å². The fraction of sp³-hybridized carbons (Fsp3) is 0.571. The van der Waals surface area contributed by atoms with Crippen molar-refractivity contribution < 1.29 is 9.15 Å². The molecule has 1 saturated heterocycles. The molecule has 0 unspecified atom stereocenters. The Balaban J connectivity index is 0.00000280. The van der Waals surface area contributed by atoms with Crippen LogP contribution in [0.2, 0.25) is 0 Å². The van der Waals surface area contributed by atoms with Crippen LogP contribution in [0.5, 0.6) is 0 Å². The molecule has 156 valence electrons. The van der Waals surface area contributed by atoms with E-state index in [1.807, 2.05) is 25.2 Å². The highest BCUT2D eigenvalue weighted by molar-refractivity contribution is 14.0. The number of methoxy groups -OCH3 is 1. The molecule has 3 rings (SSSR count). The second-order valence-corrected chi connectivity index (χ2v) is 7.31. The summed E-state index contributed by atoms with van der Waals surface area (Å²) in [5.41, 5.74) is 0.934. The summed E-state index contributed by atoms with van der Waals surface area (Å²) in [6, 6.07) is 10.2. The van der Waals surface area contributed by atoms with E-state index in [4.69, 9.17) is 9.15 Å². The summed E-state index contributed by atoms with van der Waals surface area (Å²) >= 11 is 0. The first kappa shape index (κ1) is 23.0. The van der Waals surface area contributed by atoms with Gasteiger partial charge in [-0.05, 0) is 44.0 Å². The van der Waals surface area contributed by atoms with Crippen LogP contribution < -0.4 is 5.32 Å². The average molecular weight is 500 g/mol. The zero-order valence-corrected chi connectivity index (χ0v) is 19.5. The minimum Gasteiger partial charge on any atom is -0.459 e. The number of halogens is 1. The number of ether oxygens (including phenoxy) is 1. The van der Waals surface area contributed by atoms with Gasteiger partial charge in [-0.3, -0.25) is 4.99 Å². The molecule has 0 aliphatic carbocycles. The van der Waals surface area contributed by atoms with Gasteiger partial charge in [-0.2, -0.15) is 0 Å². The van der Waals surface area contributed by atoms with Crippen molar-refractivity contribution in [3.63, 3.8) is 0 Å². The summed E-state index contributed by atoms with van der Waals surface area (Å²) in [7, 11) is 5.66. The van der Waals surface area contributed by atoms with Gasteiger partial charge in [0.1, 0.15) is 11.3 Å². The van der Waals surface area contributed by atoms with E-state index in [0.717, 1.165) is 55.5 Å². The predicted octanol–water partition coefficient (Wildman–Crippen LogP) is 3.42. The number of likely N-dealkylation sites (tertiary alicyclic amines) is 1. The Hall–Kier alpha value is -1.32. The molecule has 1 aromatic heterocycles. The molecular weight excluding hydrogens is 467 g/mol. The number of nitrogens with zero attached hydrogens (tertiary/aromatic N) is 3. The highest BCUT2D eigenvalue weighted by Gasteiger charge is 2.19. The fourth-order valence-electron chi connectivity index (χ4n) is 3.68. The number of hydrogen-bond acceptors (Lipinski definition) is 4. The van der Waals surface area contributed by atoms with Crippen molar-refractivity contribution in [1.29, 1.82) is 0 Å². The molecule has 0 spiro atoms. The Bertz CT molecular complexity index is 708. The molecule has 0 amide bonds. The number of furan rings is 1. The summed E-state index contributed by atoms with van der Waals surface area (Å²) in [6.45, 7) is 5.84. The lowest BCUT2D eigenvalue weighted by atomic mass is 9.97. The molecular formula is C21H33IN4O2. The first-order valence-corrected chi connectivity index (χ1v) is 9.80. The van der Waals surface area contributed by atoms with Crippen LogP contribution in [0, 0.1) is 5.92 Å². The maximum atomic E-state index is 5.93. The van der Waals surface area contributed by atoms with Crippen LogP contribution in [-0.2, 0) is 11.3 Å². The smallest absolute Gasteiger partial charge is 0.193 e. The topological polar surface area (TPSA) is 53.2 Å². The van der Waals surface area contributed by atoms with Crippen molar-refractivity contribution in [2.24, 2.45) is 10.9 Å². The number of rotatable bonds is 7. The molecule has 7 heteroatoms. The van der Waals surface area contributed by atoms with Gasteiger partial charge in [-0.1, -0.05) is 18.2 Å². The molecule has 1 aliphatic rings. The number of hydrogen-bond donors (Lipinski definition) is 1. The van der Waals surface area contributed by atoms with Crippen molar-refractivity contribution >= 4 is 40.9 Å². The maximum Gasteiger partial charge on any atom is 0.193 e. The maximum absolute atomic E-state index is 5.93. The molecule has 2 aromatic rings. The first-order chi connectivity index (χ1) is 13.2. The molecule has 6 nitrogen and oxygen atoms in total. The molecule has 1 aromatic carbocycles. The summed E-state index contributed by atoms with van der Waals surface area (Å²) in [5, 5.41) is 4.68. The minimum atomic E-state index is 0. The van der Waals surface area contributed by atoms with E-state index in [2.05, 4.69) is 39.3 Å². The zero-order valence-electron chi connectivity index (χ0n) is 17.2. The molecule has 1 N–H and O–H groups in total. The van der Waals surface area contributed by atoms with Crippen molar-refractivity contribution in [3.05, 3.63) is 36.1 Å². The Labute approximate surface area is 185 Å². The van der Waals surface area contributed by atoms with E-state index in [-0.39, 0.29) is 24.0 Å². The third kappa shape index (κ3) is 6.35. The number of benzene rings is 1. The summed E-state index contributed by atoms with van der Waals surface area (Å²) < 4.78 is 11.1. The normalized spacial score (nSPS) is 16.2. The van der Waals surface area contributed by atoms with Gasteiger partial charge in [0, 0.05) is 39.7 Å². The first-order valence-electron chi connectivity index (χ1n) is 9.80. The van der Waals surface area contributed by atoms with Crippen LogP contribution in [0.25, 0.3) is 11.0 Å². The third-order valence-electron chi connectivity index (χ3n) is 5.31. The average Bonchev–Trinajstić information content (AvgIpc) is 3.10. The van der Waals surface area contributed by atoms with E-state index in [0.29, 0.717) is 12.5 Å².